The maximum atomic E-state index is 13.2. The molecule has 4 rings (SSSR count). The lowest BCUT2D eigenvalue weighted by Crippen LogP contribution is -2.26. The molecule has 0 unspecified atom stereocenters. The Labute approximate surface area is 206 Å². The van der Waals surface area contributed by atoms with Crippen LogP contribution in [0.5, 0.6) is 0 Å². The normalized spacial score (nSPS) is 11.3. The first-order valence-corrected chi connectivity index (χ1v) is 12.8. The zero-order chi connectivity index (χ0) is 24.5. The van der Waals surface area contributed by atoms with E-state index in [9.17, 15) is 4.79 Å². The first-order valence-electron chi connectivity index (χ1n) is 12.8. The number of hydrogen-bond acceptors (Lipinski definition) is 5. The number of unbranched alkanes of at least 4 members (excludes halogenated alkanes) is 5. The number of benzene rings is 2. The van der Waals surface area contributed by atoms with Gasteiger partial charge in [-0.15, -0.1) is 10.2 Å². The Morgan fingerprint density at radius 3 is 2.37 bits per heavy atom. The average molecular weight is 474 g/mol. The van der Waals surface area contributed by atoms with E-state index in [0.717, 1.165) is 60.2 Å². The Morgan fingerprint density at radius 2 is 1.63 bits per heavy atom. The Balaban J connectivity index is 1.52. The van der Waals surface area contributed by atoms with E-state index in [0.29, 0.717) is 18.9 Å². The molecule has 184 valence electrons. The van der Waals surface area contributed by atoms with Gasteiger partial charge in [-0.2, -0.15) is 10.3 Å². The molecule has 2 aromatic heterocycles. The second kappa shape index (κ2) is 12.2. The number of tetrazole rings is 1. The van der Waals surface area contributed by atoms with Crippen molar-refractivity contribution in [3.05, 3.63) is 70.4 Å². The fourth-order valence-electron chi connectivity index (χ4n) is 4.30. The van der Waals surface area contributed by atoms with Gasteiger partial charge in [-0.05, 0) is 40.8 Å². The summed E-state index contributed by atoms with van der Waals surface area (Å²) in [6.45, 7) is 5.62. The van der Waals surface area contributed by atoms with Crippen molar-refractivity contribution < 1.29 is 0 Å². The molecule has 0 aliphatic rings. The van der Waals surface area contributed by atoms with E-state index in [1.807, 2.05) is 16.7 Å². The highest BCUT2D eigenvalue weighted by Crippen LogP contribution is 2.24. The number of aromatic nitrogens is 7. The van der Waals surface area contributed by atoms with Gasteiger partial charge < -0.3 is 0 Å². The van der Waals surface area contributed by atoms with Crippen LogP contribution in [-0.2, 0) is 19.5 Å². The van der Waals surface area contributed by atoms with E-state index in [4.69, 9.17) is 5.10 Å². The Kier molecular flexibility index (Phi) is 8.59. The van der Waals surface area contributed by atoms with Crippen molar-refractivity contribution in [2.45, 2.75) is 78.3 Å². The standard InChI is InChI=1S/C27H35N7O/c1-3-5-7-8-13-25-30-34(18-9-6-4-2)27(35)33(25)20-21-14-16-22(17-15-21)23-11-10-12-24(19-23)26-28-31-32-29-26/h10-12,14-17,19H,3-9,13,18,20H2,1-2H3,(H,28,29,31,32). The molecule has 0 amide bonds. The molecule has 2 heterocycles. The van der Waals surface area contributed by atoms with Crippen molar-refractivity contribution in [3.63, 3.8) is 0 Å². The van der Waals surface area contributed by atoms with Gasteiger partial charge in [0.25, 0.3) is 0 Å². The van der Waals surface area contributed by atoms with E-state index in [-0.39, 0.29) is 5.69 Å². The van der Waals surface area contributed by atoms with Gasteiger partial charge in [0.2, 0.25) is 5.82 Å². The van der Waals surface area contributed by atoms with Crippen molar-refractivity contribution in [2.24, 2.45) is 0 Å². The van der Waals surface area contributed by atoms with Gasteiger partial charge in [-0.1, -0.05) is 88.4 Å². The van der Waals surface area contributed by atoms with Crippen LogP contribution in [-0.4, -0.2) is 35.0 Å². The molecule has 0 atom stereocenters. The maximum absolute atomic E-state index is 13.2. The summed E-state index contributed by atoms with van der Waals surface area (Å²) in [7, 11) is 0. The number of aryl methyl sites for hydroxylation is 2. The third kappa shape index (κ3) is 6.32. The van der Waals surface area contributed by atoms with Gasteiger partial charge in [0.05, 0.1) is 6.54 Å². The van der Waals surface area contributed by atoms with Crippen LogP contribution in [0.15, 0.2) is 53.3 Å². The first kappa shape index (κ1) is 24.6. The Hall–Kier alpha value is -3.55. The lowest BCUT2D eigenvalue weighted by Gasteiger charge is -2.08. The third-order valence-electron chi connectivity index (χ3n) is 6.32. The molecule has 1 N–H and O–H groups in total. The molecule has 2 aromatic carbocycles. The van der Waals surface area contributed by atoms with E-state index in [2.05, 4.69) is 70.9 Å². The maximum Gasteiger partial charge on any atom is 0.346 e. The van der Waals surface area contributed by atoms with Crippen LogP contribution in [0.2, 0.25) is 0 Å². The summed E-state index contributed by atoms with van der Waals surface area (Å²) >= 11 is 0. The summed E-state index contributed by atoms with van der Waals surface area (Å²) < 4.78 is 3.53. The van der Waals surface area contributed by atoms with E-state index in [1.54, 1.807) is 4.68 Å². The molecule has 0 spiro atoms. The molecule has 4 aromatic rings. The number of H-pyrrole nitrogens is 1. The van der Waals surface area contributed by atoms with Crippen LogP contribution in [0.1, 0.15) is 70.2 Å². The van der Waals surface area contributed by atoms with E-state index < -0.39 is 0 Å². The summed E-state index contributed by atoms with van der Waals surface area (Å²) in [5.74, 6) is 1.48. The van der Waals surface area contributed by atoms with Crippen LogP contribution in [0, 0.1) is 0 Å². The fourth-order valence-corrected chi connectivity index (χ4v) is 4.30. The number of hydrogen-bond donors (Lipinski definition) is 1. The van der Waals surface area contributed by atoms with Crippen LogP contribution in [0.25, 0.3) is 22.5 Å². The number of nitrogens with one attached hydrogen (secondary N) is 1. The minimum atomic E-state index is 0.00323. The van der Waals surface area contributed by atoms with Crippen molar-refractivity contribution in [2.75, 3.05) is 0 Å². The number of nitrogens with zero attached hydrogens (tertiary/aromatic N) is 6. The van der Waals surface area contributed by atoms with Gasteiger partial charge in [0.1, 0.15) is 5.82 Å². The predicted octanol–water partition coefficient (Wildman–Crippen LogP) is 5.25. The second-order valence-corrected chi connectivity index (χ2v) is 9.04. The summed E-state index contributed by atoms with van der Waals surface area (Å²) in [5, 5.41) is 19.0. The predicted molar refractivity (Wildman–Crippen MR) is 138 cm³/mol. The SMILES string of the molecule is CCCCCCc1nn(CCCCC)c(=O)n1Cc1ccc(-c2cccc(-c3nn[nH]n3)c2)cc1. The summed E-state index contributed by atoms with van der Waals surface area (Å²) in [4.78, 5) is 13.2. The Bertz CT molecular complexity index is 1240. The zero-order valence-corrected chi connectivity index (χ0v) is 20.8. The van der Waals surface area contributed by atoms with Gasteiger partial charge >= 0.3 is 5.69 Å². The number of aromatic amines is 1. The largest absolute Gasteiger partial charge is 0.346 e. The molecule has 0 fully saturated rings. The highest BCUT2D eigenvalue weighted by molar-refractivity contribution is 5.70. The van der Waals surface area contributed by atoms with Crippen LogP contribution >= 0.6 is 0 Å². The molecule has 0 saturated heterocycles. The summed E-state index contributed by atoms with van der Waals surface area (Å²) in [6.07, 6.45) is 8.72. The average Bonchev–Trinajstić information content (AvgIpc) is 3.52. The minimum Gasteiger partial charge on any atom is -0.274 e. The summed E-state index contributed by atoms with van der Waals surface area (Å²) in [5.41, 5.74) is 4.18. The number of rotatable bonds is 13. The molecular formula is C27H35N7O. The topological polar surface area (TPSA) is 94.3 Å². The monoisotopic (exact) mass is 473 g/mol. The molecular weight excluding hydrogens is 438 g/mol. The Morgan fingerprint density at radius 1 is 0.857 bits per heavy atom. The van der Waals surface area contributed by atoms with Crippen LogP contribution < -0.4 is 5.69 Å². The highest BCUT2D eigenvalue weighted by Gasteiger charge is 2.14. The summed E-state index contributed by atoms with van der Waals surface area (Å²) in [6, 6.07) is 16.5. The molecule has 0 bridgehead atoms. The van der Waals surface area contributed by atoms with Gasteiger partial charge in [-0.25, -0.2) is 9.48 Å². The van der Waals surface area contributed by atoms with E-state index >= 15 is 0 Å². The lowest BCUT2D eigenvalue weighted by atomic mass is 10.0. The van der Waals surface area contributed by atoms with Crippen molar-refractivity contribution in [1.82, 2.24) is 35.0 Å². The highest BCUT2D eigenvalue weighted by atomic mass is 16.2. The van der Waals surface area contributed by atoms with Crippen LogP contribution in [0.4, 0.5) is 0 Å². The van der Waals surface area contributed by atoms with Crippen LogP contribution in [0.3, 0.4) is 0 Å². The third-order valence-corrected chi connectivity index (χ3v) is 6.32. The van der Waals surface area contributed by atoms with Crippen molar-refractivity contribution in [3.8, 4) is 22.5 Å². The molecule has 8 nitrogen and oxygen atoms in total. The van der Waals surface area contributed by atoms with Gasteiger partial charge in [0.15, 0.2) is 0 Å². The van der Waals surface area contributed by atoms with Crippen molar-refractivity contribution in [1.29, 1.82) is 0 Å². The minimum absolute atomic E-state index is 0.00323. The molecule has 0 aliphatic carbocycles. The lowest BCUT2D eigenvalue weighted by molar-refractivity contribution is 0.529. The smallest absolute Gasteiger partial charge is 0.274 e. The fraction of sp³-hybridized carbons (Fsp3) is 0.444. The molecule has 0 aliphatic heterocycles. The quantitative estimate of drug-likeness (QED) is 0.268. The molecule has 8 heteroatoms. The second-order valence-electron chi connectivity index (χ2n) is 9.04. The molecule has 35 heavy (non-hydrogen) atoms. The van der Waals surface area contributed by atoms with Gasteiger partial charge in [-0.3, -0.25) is 4.57 Å². The molecule has 0 saturated carbocycles. The van der Waals surface area contributed by atoms with Gasteiger partial charge in [0, 0.05) is 18.5 Å². The van der Waals surface area contributed by atoms with Crippen molar-refractivity contribution >= 4 is 0 Å². The molecule has 0 radical (unpaired) electrons. The van der Waals surface area contributed by atoms with E-state index in [1.165, 1.54) is 19.3 Å². The zero-order valence-electron chi connectivity index (χ0n) is 20.8. The first-order chi connectivity index (χ1) is 17.2.